The van der Waals surface area contributed by atoms with E-state index in [9.17, 15) is 24.0 Å². The molecule has 0 saturated carbocycles. The Balaban J connectivity index is 2.25. The number of carbonyl (C=O) groups is 5. The van der Waals surface area contributed by atoms with Crippen molar-refractivity contribution in [1.29, 1.82) is 0 Å². The number of carboxylic acid groups (broad SMARTS) is 1. The van der Waals surface area contributed by atoms with Gasteiger partial charge in [-0.25, -0.2) is 0 Å². The molecule has 14 heteroatoms. The Hall–Kier alpha value is -5.01. The number of benzene rings is 1. The highest BCUT2D eigenvalue weighted by atomic mass is 16.4. The molecule has 0 radical (unpaired) electrons. The van der Waals surface area contributed by atoms with Crippen LogP contribution in [0.1, 0.15) is 41.6 Å². The van der Waals surface area contributed by atoms with Crippen molar-refractivity contribution in [2.24, 2.45) is 22.2 Å². The summed E-state index contributed by atoms with van der Waals surface area (Å²) in [5, 5.41) is 16.7. The van der Waals surface area contributed by atoms with Crippen molar-refractivity contribution in [2.75, 3.05) is 6.54 Å². The Morgan fingerprint density at radius 2 is 1.52 bits per heavy atom. The van der Waals surface area contributed by atoms with Gasteiger partial charge >= 0.3 is 5.97 Å². The fourth-order valence-corrected chi connectivity index (χ4v) is 3.67. The number of rotatable bonds is 16. The fourth-order valence-electron chi connectivity index (χ4n) is 3.67. The number of carboxylic acids is 1. The first-order valence-corrected chi connectivity index (χ1v) is 12.5. The second-order valence-corrected chi connectivity index (χ2v) is 8.86. The van der Waals surface area contributed by atoms with E-state index in [-0.39, 0.29) is 43.8 Å². The number of guanidine groups is 1. The SMILES string of the molecule is NC(=O)[C@H](CCC(=O)O)NC(=O)[C@H](CCCN=C(N)N)NC(=O)[C@H](Cc1ccccc1)NC(=O)c1cccnc1. The minimum atomic E-state index is -1.27. The number of amides is 4. The van der Waals surface area contributed by atoms with Gasteiger partial charge in [-0.15, -0.1) is 0 Å². The van der Waals surface area contributed by atoms with Crippen molar-refractivity contribution < 1.29 is 29.1 Å². The fraction of sp³-hybridized carbons (Fsp3) is 0.346. The van der Waals surface area contributed by atoms with E-state index >= 15 is 0 Å². The lowest BCUT2D eigenvalue weighted by Crippen LogP contribution is -2.56. The molecule has 2 rings (SSSR count). The minimum Gasteiger partial charge on any atom is -0.481 e. The summed E-state index contributed by atoms with van der Waals surface area (Å²) in [6, 6.07) is 8.55. The van der Waals surface area contributed by atoms with E-state index in [1.807, 2.05) is 6.07 Å². The van der Waals surface area contributed by atoms with Gasteiger partial charge in [0, 0.05) is 31.8 Å². The van der Waals surface area contributed by atoms with E-state index in [0.717, 1.165) is 5.56 Å². The van der Waals surface area contributed by atoms with E-state index < -0.39 is 54.1 Å². The maximum absolute atomic E-state index is 13.4. The molecule has 0 spiro atoms. The lowest BCUT2D eigenvalue weighted by Gasteiger charge is -2.25. The number of nitrogens with one attached hydrogen (secondary N) is 3. The van der Waals surface area contributed by atoms with Crippen molar-refractivity contribution in [2.45, 2.75) is 50.2 Å². The average Bonchev–Trinajstić information content (AvgIpc) is 2.92. The molecule has 0 aliphatic rings. The third kappa shape index (κ3) is 11.2. The number of pyridine rings is 1. The maximum atomic E-state index is 13.4. The Kier molecular flexibility index (Phi) is 12.5. The zero-order valence-electron chi connectivity index (χ0n) is 21.8. The summed E-state index contributed by atoms with van der Waals surface area (Å²) in [5.74, 6) is -4.20. The van der Waals surface area contributed by atoms with Gasteiger partial charge in [0.15, 0.2) is 5.96 Å². The van der Waals surface area contributed by atoms with Crippen molar-refractivity contribution in [3.8, 4) is 0 Å². The van der Waals surface area contributed by atoms with Gasteiger partial charge in [-0.1, -0.05) is 30.3 Å². The number of aliphatic imine (C=N–C) groups is 1. The Labute approximate surface area is 230 Å². The van der Waals surface area contributed by atoms with Crippen LogP contribution in [-0.4, -0.2) is 70.3 Å². The van der Waals surface area contributed by atoms with E-state index in [1.165, 1.54) is 12.4 Å². The zero-order valence-corrected chi connectivity index (χ0v) is 21.8. The number of carbonyl (C=O) groups excluding carboxylic acids is 4. The van der Waals surface area contributed by atoms with Crippen LogP contribution in [0.5, 0.6) is 0 Å². The molecule has 0 aliphatic carbocycles. The van der Waals surface area contributed by atoms with Crippen molar-refractivity contribution >= 4 is 35.6 Å². The van der Waals surface area contributed by atoms with Gasteiger partial charge in [-0.05, 0) is 37.0 Å². The lowest BCUT2D eigenvalue weighted by molar-refractivity contribution is -0.138. The van der Waals surface area contributed by atoms with Crippen LogP contribution in [-0.2, 0) is 25.6 Å². The van der Waals surface area contributed by atoms with Crippen LogP contribution in [0.15, 0.2) is 59.9 Å². The molecule has 1 heterocycles. The molecule has 10 N–H and O–H groups in total. The average molecular weight is 555 g/mol. The molecule has 14 nitrogen and oxygen atoms in total. The second-order valence-electron chi connectivity index (χ2n) is 8.86. The summed E-state index contributed by atoms with van der Waals surface area (Å²) < 4.78 is 0. The van der Waals surface area contributed by atoms with E-state index in [0.29, 0.717) is 0 Å². The molecule has 1 aromatic heterocycles. The number of nitrogens with two attached hydrogens (primary N) is 3. The van der Waals surface area contributed by atoms with Crippen LogP contribution in [0.3, 0.4) is 0 Å². The molecule has 3 atom stereocenters. The van der Waals surface area contributed by atoms with E-state index in [4.69, 9.17) is 22.3 Å². The maximum Gasteiger partial charge on any atom is 0.303 e. The standard InChI is InChI=1S/C26H34N8O6/c27-22(37)18(10-11-21(35)36)32-24(39)19(9-5-13-31-26(28)29)33-25(40)20(14-16-6-2-1-3-7-16)34-23(38)17-8-4-12-30-15-17/h1-4,6-8,12,15,18-20H,5,9-11,13-14H2,(H2,27,37)(H,32,39)(H,33,40)(H,34,38)(H,35,36)(H4,28,29,31)/t18-,19-,20-/m0/s1. The van der Waals surface area contributed by atoms with Gasteiger partial charge in [0.1, 0.15) is 18.1 Å². The molecule has 0 unspecified atom stereocenters. The number of aliphatic carboxylic acids is 1. The number of primary amides is 1. The Morgan fingerprint density at radius 1 is 0.850 bits per heavy atom. The molecular formula is C26H34N8O6. The number of hydrogen-bond acceptors (Lipinski definition) is 7. The van der Waals surface area contributed by atoms with Gasteiger partial charge < -0.3 is 38.3 Å². The molecule has 0 aliphatic heterocycles. The normalized spacial score (nSPS) is 12.7. The zero-order chi connectivity index (χ0) is 29.5. The van der Waals surface area contributed by atoms with Crippen LogP contribution in [0.4, 0.5) is 0 Å². The molecule has 0 bridgehead atoms. The molecule has 0 saturated heterocycles. The third-order valence-electron chi connectivity index (χ3n) is 5.71. The summed E-state index contributed by atoms with van der Waals surface area (Å²) >= 11 is 0. The van der Waals surface area contributed by atoms with E-state index in [1.54, 1.807) is 36.4 Å². The summed E-state index contributed by atoms with van der Waals surface area (Å²) in [6.07, 6.45) is 2.67. The largest absolute Gasteiger partial charge is 0.481 e. The first-order valence-electron chi connectivity index (χ1n) is 12.5. The summed E-state index contributed by atoms with van der Waals surface area (Å²) in [4.78, 5) is 70.0. The molecule has 0 fully saturated rings. The first-order chi connectivity index (χ1) is 19.1. The molecule has 2 aromatic rings. The van der Waals surface area contributed by atoms with Gasteiger partial charge in [-0.2, -0.15) is 0 Å². The number of hydrogen-bond donors (Lipinski definition) is 7. The highest BCUT2D eigenvalue weighted by Gasteiger charge is 2.29. The van der Waals surface area contributed by atoms with Crippen molar-refractivity contribution in [3.05, 3.63) is 66.0 Å². The molecule has 214 valence electrons. The van der Waals surface area contributed by atoms with Gasteiger partial charge in [0.2, 0.25) is 17.7 Å². The highest BCUT2D eigenvalue weighted by Crippen LogP contribution is 2.08. The molecule has 1 aromatic carbocycles. The van der Waals surface area contributed by atoms with Gasteiger partial charge in [0.25, 0.3) is 5.91 Å². The monoisotopic (exact) mass is 554 g/mol. The Bertz CT molecular complexity index is 1190. The number of nitrogens with zero attached hydrogens (tertiary/aromatic N) is 2. The first kappa shape index (κ1) is 31.2. The lowest BCUT2D eigenvalue weighted by atomic mass is 10.0. The van der Waals surface area contributed by atoms with Crippen LogP contribution in [0.25, 0.3) is 0 Å². The quantitative estimate of drug-likeness (QED) is 0.0746. The molecule has 4 amide bonds. The summed E-state index contributed by atoms with van der Waals surface area (Å²) in [5.41, 5.74) is 17.0. The minimum absolute atomic E-state index is 0.0629. The van der Waals surface area contributed by atoms with Gasteiger partial charge in [-0.3, -0.25) is 33.9 Å². The third-order valence-corrected chi connectivity index (χ3v) is 5.71. The second kappa shape index (κ2) is 16.1. The van der Waals surface area contributed by atoms with E-state index in [2.05, 4.69) is 25.9 Å². The summed E-state index contributed by atoms with van der Waals surface area (Å²) in [7, 11) is 0. The topological polar surface area (TPSA) is 245 Å². The highest BCUT2D eigenvalue weighted by molar-refractivity contribution is 5.98. The molecule has 40 heavy (non-hydrogen) atoms. The van der Waals surface area contributed by atoms with Gasteiger partial charge in [0.05, 0.1) is 5.56 Å². The predicted octanol–water partition coefficient (Wildman–Crippen LogP) is -1.20. The summed E-state index contributed by atoms with van der Waals surface area (Å²) in [6.45, 7) is 0.158. The predicted molar refractivity (Wildman–Crippen MR) is 145 cm³/mol. The molecular weight excluding hydrogens is 520 g/mol. The van der Waals surface area contributed by atoms with Crippen LogP contribution >= 0.6 is 0 Å². The van der Waals surface area contributed by atoms with Crippen LogP contribution in [0, 0.1) is 0 Å². The van der Waals surface area contributed by atoms with Crippen molar-refractivity contribution in [3.63, 3.8) is 0 Å². The Morgan fingerprint density at radius 3 is 2.12 bits per heavy atom. The smallest absolute Gasteiger partial charge is 0.303 e. The van der Waals surface area contributed by atoms with Crippen LogP contribution in [0.2, 0.25) is 0 Å². The van der Waals surface area contributed by atoms with Crippen LogP contribution < -0.4 is 33.2 Å². The van der Waals surface area contributed by atoms with Crippen molar-refractivity contribution in [1.82, 2.24) is 20.9 Å². The number of aromatic nitrogens is 1.